The molecule has 10 heteroatoms. The van der Waals surface area contributed by atoms with Gasteiger partial charge in [-0.2, -0.15) is 5.10 Å². The maximum absolute atomic E-state index is 12.7. The summed E-state index contributed by atoms with van der Waals surface area (Å²) in [7, 11) is 0. The first-order chi connectivity index (χ1) is 15.5. The normalized spacial score (nSPS) is 11.0. The maximum Gasteiger partial charge on any atom is 0.234 e. The molecule has 0 saturated heterocycles. The van der Waals surface area contributed by atoms with Crippen molar-refractivity contribution in [3.8, 4) is 11.4 Å². The zero-order valence-corrected chi connectivity index (χ0v) is 19.9. The number of rotatable bonds is 7. The van der Waals surface area contributed by atoms with Crippen LogP contribution in [0.2, 0.25) is 0 Å². The Balaban J connectivity index is 1.64. The number of aromatic amines is 1. The van der Waals surface area contributed by atoms with Gasteiger partial charge in [-0.05, 0) is 50.2 Å². The number of aromatic nitrogens is 4. The van der Waals surface area contributed by atoms with Crippen molar-refractivity contribution in [2.24, 2.45) is 0 Å². The van der Waals surface area contributed by atoms with E-state index in [1.165, 1.54) is 11.8 Å². The molecule has 3 N–H and O–H groups in total. The van der Waals surface area contributed by atoms with Gasteiger partial charge in [0.1, 0.15) is 11.2 Å². The van der Waals surface area contributed by atoms with Crippen LogP contribution in [0.25, 0.3) is 16.7 Å². The monoisotopic (exact) mass is 512 g/mol. The van der Waals surface area contributed by atoms with Gasteiger partial charge in [0.25, 0.3) is 0 Å². The fourth-order valence-electron chi connectivity index (χ4n) is 3.22. The summed E-state index contributed by atoms with van der Waals surface area (Å²) < 4.78 is 8.23. The predicted molar refractivity (Wildman–Crippen MR) is 128 cm³/mol. The van der Waals surface area contributed by atoms with E-state index >= 15 is 0 Å². The molecule has 0 aliphatic carbocycles. The van der Waals surface area contributed by atoms with Crippen LogP contribution in [0.5, 0.6) is 5.75 Å². The highest BCUT2D eigenvalue weighted by Crippen LogP contribution is 2.26. The van der Waals surface area contributed by atoms with Gasteiger partial charge < -0.3 is 10.1 Å². The molecule has 0 aliphatic rings. The molecule has 0 aliphatic heterocycles. The van der Waals surface area contributed by atoms with Crippen molar-refractivity contribution in [2.75, 3.05) is 17.7 Å². The molecule has 2 heterocycles. The van der Waals surface area contributed by atoms with Crippen LogP contribution in [0.1, 0.15) is 12.6 Å². The fourth-order valence-corrected chi connectivity index (χ4v) is 4.30. The zero-order valence-electron chi connectivity index (χ0n) is 17.5. The molecular weight excluding hydrogens is 492 g/mol. The number of carbonyl (C=O) groups excluding carboxylic acids is 1. The summed E-state index contributed by atoms with van der Waals surface area (Å²) in [6.45, 7) is 4.26. The van der Waals surface area contributed by atoms with Crippen LogP contribution in [-0.2, 0) is 4.79 Å². The number of hydrogen-bond acceptors (Lipinski definition) is 6. The van der Waals surface area contributed by atoms with E-state index in [1.54, 1.807) is 10.6 Å². The number of para-hydroxylation sites is 2. The second-order valence-corrected chi connectivity index (χ2v) is 8.73. The minimum atomic E-state index is -0.198. The van der Waals surface area contributed by atoms with Gasteiger partial charge in [0.2, 0.25) is 5.91 Å². The van der Waals surface area contributed by atoms with E-state index in [-0.39, 0.29) is 17.1 Å². The number of H-pyrrole nitrogens is 1. The molecule has 2 aromatic heterocycles. The van der Waals surface area contributed by atoms with Gasteiger partial charge in [-0.1, -0.05) is 39.8 Å². The summed E-state index contributed by atoms with van der Waals surface area (Å²) in [6, 6.07) is 14.9. The highest BCUT2D eigenvalue weighted by atomic mass is 79.9. The molecule has 32 heavy (non-hydrogen) atoms. The lowest BCUT2D eigenvalue weighted by Crippen LogP contribution is -2.23. The predicted octanol–water partition coefficient (Wildman–Crippen LogP) is 4.43. The highest BCUT2D eigenvalue weighted by molar-refractivity contribution is 9.10. The summed E-state index contributed by atoms with van der Waals surface area (Å²) in [6.07, 6.45) is 0. The third-order valence-corrected chi connectivity index (χ3v) is 6.13. The van der Waals surface area contributed by atoms with Crippen LogP contribution in [0, 0.1) is 12.3 Å². The molecule has 0 saturated carbocycles. The minimum absolute atomic E-state index is 0.109. The first-order valence-electron chi connectivity index (χ1n) is 9.90. The average molecular weight is 513 g/mol. The molecule has 0 unspecified atom stereocenters. The largest absolute Gasteiger partial charge is 0.492 e. The van der Waals surface area contributed by atoms with Crippen molar-refractivity contribution in [3.63, 3.8) is 0 Å². The first kappa shape index (κ1) is 22.1. The summed E-state index contributed by atoms with van der Waals surface area (Å²) in [4.78, 5) is 17.3. The molecule has 2 aromatic carbocycles. The molecule has 164 valence electrons. The number of aryl methyl sites for hydroxylation is 1. The smallest absolute Gasteiger partial charge is 0.234 e. The zero-order chi connectivity index (χ0) is 22.7. The Morgan fingerprint density at radius 3 is 2.75 bits per heavy atom. The van der Waals surface area contributed by atoms with E-state index < -0.39 is 0 Å². The molecule has 4 rings (SSSR count). The quantitative estimate of drug-likeness (QED) is 0.250. The lowest BCUT2D eigenvalue weighted by molar-refractivity contribution is -0.113. The van der Waals surface area contributed by atoms with Crippen molar-refractivity contribution >= 4 is 50.3 Å². The van der Waals surface area contributed by atoms with E-state index in [2.05, 4.69) is 36.4 Å². The summed E-state index contributed by atoms with van der Waals surface area (Å²) in [5.41, 5.74) is 2.87. The number of carbonyl (C=O) groups is 1. The van der Waals surface area contributed by atoms with E-state index in [9.17, 15) is 4.79 Å². The topological polar surface area (TPSA) is 109 Å². The van der Waals surface area contributed by atoms with Crippen LogP contribution in [0.3, 0.4) is 0 Å². The SMILES string of the molecule is CCOc1ccccc1NC(=O)CSc1nc2n[nH]c(C)c2c(=N)n1-c1ccc(Br)cc1. The number of anilines is 1. The van der Waals surface area contributed by atoms with Crippen LogP contribution >= 0.6 is 27.7 Å². The molecule has 0 atom stereocenters. The standard InChI is InChI=1S/C22H21BrN6O2S/c1-3-31-17-7-5-4-6-16(17)25-18(30)12-32-22-26-21-19(13(2)27-28-21)20(24)29(22)15-10-8-14(23)9-11-15/h4-11,24H,3,12H2,1-2H3,(H,25,30)(H,27,28). The lowest BCUT2D eigenvalue weighted by atomic mass is 10.3. The van der Waals surface area contributed by atoms with Gasteiger partial charge in [0.05, 0.1) is 23.4 Å². The number of thioether (sulfide) groups is 1. The second-order valence-electron chi connectivity index (χ2n) is 6.87. The molecule has 0 bridgehead atoms. The molecule has 0 radical (unpaired) electrons. The van der Waals surface area contributed by atoms with Gasteiger partial charge in [-0.25, -0.2) is 4.98 Å². The van der Waals surface area contributed by atoms with Crippen molar-refractivity contribution in [1.82, 2.24) is 19.7 Å². The molecule has 1 amide bonds. The van der Waals surface area contributed by atoms with Crippen LogP contribution in [0.15, 0.2) is 58.2 Å². The van der Waals surface area contributed by atoms with Gasteiger partial charge in [0.15, 0.2) is 10.8 Å². The Kier molecular flexibility index (Phi) is 6.61. The van der Waals surface area contributed by atoms with Crippen LogP contribution in [0.4, 0.5) is 5.69 Å². The Hall–Kier alpha value is -3.11. The highest BCUT2D eigenvalue weighted by Gasteiger charge is 2.17. The molecule has 0 fully saturated rings. The number of benzene rings is 2. The van der Waals surface area contributed by atoms with Crippen LogP contribution in [-0.4, -0.2) is 38.0 Å². The third kappa shape index (κ3) is 4.56. The third-order valence-electron chi connectivity index (χ3n) is 4.66. The number of fused-ring (bicyclic) bond motifs is 1. The lowest BCUT2D eigenvalue weighted by Gasteiger charge is -2.14. The van der Waals surface area contributed by atoms with Crippen molar-refractivity contribution in [1.29, 1.82) is 5.41 Å². The number of halogens is 1. The van der Waals surface area contributed by atoms with E-state index in [0.29, 0.717) is 34.2 Å². The van der Waals surface area contributed by atoms with Gasteiger partial charge in [-0.15, -0.1) is 0 Å². The Morgan fingerprint density at radius 2 is 2.00 bits per heavy atom. The Morgan fingerprint density at radius 1 is 1.25 bits per heavy atom. The molecule has 4 aromatic rings. The van der Waals surface area contributed by atoms with E-state index in [1.807, 2.05) is 56.3 Å². The molecular formula is C22H21BrN6O2S. The fraction of sp³-hybridized carbons (Fsp3) is 0.182. The first-order valence-corrected chi connectivity index (χ1v) is 11.7. The number of nitrogens with one attached hydrogen (secondary N) is 3. The summed E-state index contributed by atoms with van der Waals surface area (Å²) >= 11 is 4.69. The summed E-state index contributed by atoms with van der Waals surface area (Å²) in [5, 5.41) is 19.9. The molecule has 8 nitrogen and oxygen atoms in total. The van der Waals surface area contributed by atoms with Crippen molar-refractivity contribution in [3.05, 3.63) is 64.2 Å². The molecule has 0 spiro atoms. The van der Waals surface area contributed by atoms with Gasteiger partial charge in [-0.3, -0.25) is 19.9 Å². The average Bonchev–Trinajstić information content (AvgIpc) is 3.15. The number of amides is 1. The van der Waals surface area contributed by atoms with Crippen molar-refractivity contribution < 1.29 is 9.53 Å². The maximum atomic E-state index is 12.7. The number of nitrogens with zero attached hydrogens (tertiary/aromatic N) is 3. The van der Waals surface area contributed by atoms with Gasteiger partial charge in [0, 0.05) is 15.9 Å². The van der Waals surface area contributed by atoms with E-state index in [0.717, 1.165) is 15.9 Å². The Bertz CT molecular complexity index is 1330. The van der Waals surface area contributed by atoms with Crippen LogP contribution < -0.4 is 15.5 Å². The van der Waals surface area contributed by atoms with Crippen molar-refractivity contribution in [2.45, 2.75) is 19.0 Å². The van der Waals surface area contributed by atoms with Gasteiger partial charge >= 0.3 is 0 Å². The Labute approximate surface area is 197 Å². The summed E-state index contributed by atoms with van der Waals surface area (Å²) in [5.74, 6) is 0.535. The van der Waals surface area contributed by atoms with E-state index in [4.69, 9.17) is 10.1 Å². The minimum Gasteiger partial charge on any atom is -0.492 e. The number of ether oxygens (including phenoxy) is 1. The second kappa shape index (κ2) is 9.58. The number of hydrogen-bond donors (Lipinski definition) is 3.